The number of aliphatic hydroxyl groups excluding tert-OH is 1. The number of methoxy groups -OCH3 is 1. The number of aliphatic imine (C=N–C) groups is 1. The maximum atomic E-state index is 13.8. The maximum Gasteiger partial charge on any atom is 0.194 e. The van der Waals surface area contributed by atoms with Crippen LogP contribution in [0.25, 0.3) is 0 Å². The Balaban J connectivity index is 2.05. The molecule has 1 unspecified atom stereocenters. The Morgan fingerprint density at radius 2 is 1.92 bits per heavy atom. The van der Waals surface area contributed by atoms with Crippen LogP contribution < -0.4 is 10.1 Å². The third-order valence-electron chi connectivity index (χ3n) is 3.95. The van der Waals surface area contributed by atoms with Crippen molar-refractivity contribution in [3.8, 4) is 5.75 Å². The lowest BCUT2D eigenvalue weighted by atomic mass is 10.1. The molecule has 0 radical (unpaired) electrons. The molecule has 6 heteroatoms. The van der Waals surface area contributed by atoms with Crippen LogP contribution in [0.5, 0.6) is 5.75 Å². The summed E-state index contributed by atoms with van der Waals surface area (Å²) in [6.07, 6.45) is -0.987. The van der Waals surface area contributed by atoms with Crippen LogP contribution in [-0.4, -0.2) is 43.2 Å². The molecule has 26 heavy (non-hydrogen) atoms. The molecular formula is C20H26FN3O2. The molecule has 0 aliphatic rings. The number of aliphatic hydroxyl groups is 1. The lowest BCUT2D eigenvalue weighted by molar-refractivity contribution is 0.181. The van der Waals surface area contributed by atoms with Gasteiger partial charge in [-0.15, -0.1) is 0 Å². The average molecular weight is 359 g/mol. The zero-order valence-corrected chi connectivity index (χ0v) is 15.4. The van der Waals surface area contributed by atoms with Gasteiger partial charge in [0.1, 0.15) is 17.7 Å². The van der Waals surface area contributed by atoms with E-state index in [-0.39, 0.29) is 12.1 Å². The number of guanidine groups is 1. The zero-order valence-electron chi connectivity index (χ0n) is 15.4. The third-order valence-corrected chi connectivity index (χ3v) is 3.95. The maximum absolute atomic E-state index is 13.8. The highest BCUT2D eigenvalue weighted by Crippen LogP contribution is 2.17. The van der Waals surface area contributed by atoms with Gasteiger partial charge in [0.25, 0.3) is 0 Å². The normalized spacial score (nSPS) is 12.6. The molecule has 0 aliphatic heterocycles. The number of hydrogen-bond donors (Lipinski definition) is 2. The van der Waals surface area contributed by atoms with Crippen LogP contribution in [0.1, 0.15) is 24.2 Å². The van der Waals surface area contributed by atoms with E-state index >= 15 is 0 Å². The van der Waals surface area contributed by atoms with Crippen LogP contribution in [-0.2, 0) is 6.54 Å². The lowest BCUT2D eigenvalue weighted by Gasteiger charge is -2.23. The Kier molecular flexibility index (Phi) is 7.41. The summed E-state index contributed by atoms with van der Waals surface area (Å²) < 4.78 is 18.9. The van der Waals surface area contributed by atoms with Gasteiger partial charge in [-0.25, -0.2) is 4.39 Å². The Morgan fingerprint density at radius 1 is 1.23 bits per heavy atom. The third kappa shape index (κ3) is 5.46. The Hall–Kier alpha value is -2.60. The number of halogens is 1. The second-order valence-corrected chi connectivity index (χ2v) is 5.94. The number of nitrogens with one attached hydrogen (secondary N) is 1. The number of hydrogen-bond acceptors (Lipinski definition) is 3. The number of nitrogens with zero attached hydrogens (tertiary/aromatic N) is 2. The monoisotopic (exact) mass is 359 g/mol. The van der Waals surface area contributed by atoms with Gasteiger partial charge in [-0.2, -0.15) is 0 Å². The largest absolute Gasteiger partial charge is 0.497 e. The molecular weight excluding hydrogens is 333 g/mol. The number of benzene rings is 2. The molecule has 0 heterocycles. The molecule has 140 valence electrons. The van der Waals surface area contributed by atoms with Gasteiger partial charge in [0, 0.05) is 25.7 Å². The molecule has 0 aliphatic carbocycles. The van der Waals surface area contributed by atoms with Crippen LogP contribution in [0.15, 0.2) is 53.5 Å². The highest BCUT2D eigenvalue weighted by molar-refractivity contribution is 5.79. The van der Waals surface area contributed by atoms with Gasteiger partial charge < -0.3 is 20.1 Å². The van der Waals surface area contributed by atoms with Crippen molar-refractivity contribution in [1.82, 2.24) is 10.2 Å². The molecule has 0 fully saturated rings. The molecule has 0 amide bonds. The van der Waals surface area contributed by atoms with Crippen LogP contribution in [0.3, 0.4) is 0 Å². The second-order valence-electron chi connectivity index (χ2n) is 5.94. The summed E-state index contributed by atoms with van der Waals surface area (Å²) >= 11 is 0. The molecule has 0 aromatic heterocycles. The first-order valence-electron chi connectivity index (χ1n) is 8.60. The van der Waals surface area contributed by atoms with E-state index in [0.717, 1.165) is 11.3 Å². The highest BCUT2D eigenvalue weighted by Gasteiger charge is 2.13. The van der Waals surface area contributed by atoms with Gasteiger partial charge >= 0.3 is 0 Å². The van der Waals surface area contributed by atoms with E-state index in [1.807, 2.05) is 43.1 Å². The second kappa shape index (κ2) is 9.77. The summed E-state index contributed by atoms with van der Waals surface area (Å²) in [5.41, 5.74) is 1.36. The van der Waals surface area contributed by atoms with E-state index in [4.69, 9.17) is 4.74 Å². The van der Waals surface area contributed by atoms with Crippen LogP contribution in [0.2, 0.25) is 0 Å². The van der Waals surface area contributed by atoms with Gasteiger partial charge in [0.15, 0.2) is 5.96 Å². The van der Waals surface area contributed by atoms with E-state index in [0.29, 0.717) is 19.0 Å². The van der Waals surface area contributed by atoms with Crippen LogP contribution in [0.4, 0.5) is 4.39 Å². The molecule has 0 saturated heterocycles. The number of ether oxygens (including phenoxy) is 1. The molecule has 2 rings (SSSR count). The zero-order chi connectivity index (χ0) is 18.9. The van der Waals surface area contributed by atoms with Gasteiger partial charge in [-0.3, -0.25) is 4.99 Å². The fourth-order valence-corrected chi connectivity index (χ4v) is 2.57. The predicted octanol–water partition coefficient (Wildman–Crippen LogP) is 2.97. The van der Waals surface area contributed by atoms with Gasteiger partial charge in [0.2, 0.25) is 0 Å². The standard InChI is InChI=1S/C20H26FN3O2/c1-4-22-20(23-13-19(25)17-7-5-6-8-18(17)21)24(2)14-15-9-11-16(26-3)12-10-15/h5-12,19,25H,4,13-14H2,1-3H3,(H,22,23). The van der Waals surface area contributed by atoms with Crippen LogP contribution >= 0.6 is 0 Å². The highest BCUT2D eigenvalue weighted by atomic mass is 19.1. The van der Waals surface area contributed by atoms with Crippen LogP contribution in [0, 0.1) is 5.82 Å². The topological polar surface area (TPSA) is 57.1 Å². The summed E-state index contributed by atoms with van der Waals surface area (Å²) in [4.78, 5) is 6.41. The Bertz CT molecular complexity index is 719. The first-order chi connectivity index (χ1) is 12.5. The van der Waals surface area contributed by atoms with E-state index in [2.05, 4.69) is 10.3 Å². The van der Waals surface area contributed by atoms with Crippen molar-refractivity contribution in [1.29, 1.82) is 0 Å². The molecule has 0 bridgehead atoms. The van der Waals surface area contributed by atoms with E-state index in [9.17, 15) is 9.50 Å². The fraction of sp³-hybridized carbons (Fsp3) is 0.350. The Morgan fingerprint density at radius 3 is 2.54 bits per heavy atom. The van der Waals surface area contributed by atoms with E-state index < -0.39 is 11.9 Å². The predicted molar refractivity (Wildman–Crippen MR) is 102 cm³/mol. The molecule has 0 saturated carbocycles. The van der Waals surface area contributed by atoms with Crippen molar-refractivity contribution in [2.24, 2.45) is 4.99 Å². The molecule has 2 aromatic carbocycles. The summed E-state index contributed by atoms with van der Waals surface area (Å²) in [6.45, 7) is 3.40. The van der Waals surface area contributed by atoms with Crippen molar-refractivity contribution in [3.05, 3.63) is 65.5 Å². The summed E-state index contributed by atoms with van der Waals surface area (Å²) in [5.74, 6) is 1.04. The van der Waals surface area contributed by atoms with Gasteiger partial charge in [0.05, 0.1) is 13.7 Å². The van der Waals surface area contributed by atoms with Gasteiger partial charge in [-0.1, -0.05) is 30.3 Å². The molecule has 0 spiro atoms. The summed E-state index contributed by atoms with van der Waals surface area (Å²) in [7, 11) is 3.55. The Labute approximate surface area is 154 Å². The molecule has 2 N–H and O–H groups in total. The minimum Gasteiger partial charge on any atom is -0.497 e. The smallest absolute Gasteiger partial charge is 0.194 e. The average Bonchev–Trinajstić information content (AvgIpc) is 2.65. The van der Waals surface area contributed by atoms with E-state index in [1.165, 1.54) is 6.07 Å². The molecule has 5 nitrogen and oxygen atoms in total. The number of rotatable bonds is 7. The minimum atomic E-state index is -0.987. The van der Waals surface area contributed by atoms with Crippen molar-refractivity contribution in [2.75, 3.05) is 27.2 Å². The summed E-state index contributed by atoms with van der Waals surface area (Å²) in [5, 5.41) is 13.4. The SMILES string of the molecule is CCNC(=NCC(O)c1ccccc1F)N(C)Cc1ccc(OC)cc1. The molecule has 1 atom stereocenters. The van der Waals surface area contributed by atoms with Crippen molar-refractivity contribution >= 4 is 5.96 Å². The van der Waals surface area contributed by atoms with Crippen molar-refractivity contribution < 1.29 is 14.2 Å². The van der Waals surface area contributed by atoms with E-state index in [1.54, 1.807) is 25.3 Å². The van der Waals surface area contributed by atoms with Gasteiger partial charge in [-0.05, 0) is 30.7 Å². The first kappa shape index (κ1) is 19.7. The lowest BCUT2D eigenvalue weighted by Crippen LogP contribution is -2.38. The summed E-state index contributed by atoms with van der Waals surface area (Å²) in [6, 6.07) is 14.0. The fourth-order valence-electron chi connectivity index (χ4n) is 2.57. The quantitative estimate of drug-likeness (QED) is 0.589. The van der Waals surface area contributed by atoms with Crippen molar-refractivity contribution in [3.63, 3.8) is 0 Å². The minimum absolute atomic E-state index is 0.0796. The first-order valence-corrected chi connectivity index (χ1v) is 8.60. The van der Waals surface area contributed by atoms with Crippen molar-refractivity contribution in [2.45, 2.75) is 19.6 Å². The molecule has 2 aromatic rings.